The summed E-state index contributed by atoms with van der Waals surface area (Å²) in [6.45, 7) is 11.2. The zero-order valence-electron chi connectivity index (χ0n) is 20.8. The van der Waals surface area contributed by atoms with Crippen LogP contribution in [-0.4, -0.2) is 26.6 Å². The molecule has 0 radical (unpaired) electrons. The number of hydrogen-bond acceptors (Lipinski definition) is 3. The SMILES string of the molecule is CCC(=O)N1c2ccccc2CO[C@H]1[C@H](C)O[Si](c1ccccc1)(c1ccccc1)C(C)(C)C. The fourth-order valence-corrected chi connectivity index (χ4v) is 9.76. The molecule has 1 aliphatic rings. The van der Waals surface area contributed by atoms with Gasteiger partial charge in [0.1, 0.15) is 0 Å². The largest absolute Gasteiger partial charge is 0.400 e. The second-order valence-corrected chi connectivity index (χ2v) is 14.2. The highest BCUT2D eigenvalue weighted by Crippen LogP contribution is 2.39. The Hall–Kier alpha value is -2.73. The number of carbonyl (C=O) groups excluding carboxylic acids is 1. The second-order valence-electron chi connectivity index (χ2n) is 9.93. The number of para-hydroxylation sites is 1. The molecule has 2 atom stereocenters. The van der Waals surface area contributed by atoms with Crippen LogP contribution in [0.15, 0.2) is 84.9 Å². The molecule has 3 aromatic carbocycles. The van der Waals surface area contributed by atoms with Gasteiger partial charge < -0.3 is 9.16 Å². The molecule has 0 N–H and O–H groups in total. The maximum absolute atomic E-state index is 13.1. The van der Waals surface area contributed by atoms with Crippen molar-refractivity contribution >= 4 is 30.3 Å². The zero-order valence-corrected chi connectivity index (χ0v) is 21.8. The van der Waals surface area contributed by atoms with Gasteiger partial charge in [0.2, 0.25) is 5.91 Å². The van der Waals surface area contributed by atoms with E-state index in [2.05, 4.69) is 69.3 Å². The predicted molar refractivity (Wildman–Crippen MR) is 141 cm³/mol. The molecule has 3 aromatic rings. The molecule has 0 aromatic heterocycles. The molecule has 0 aliphatic carbocycles. The van der Waals surface area contributed by atoms with Gasteiger partial charge in [0.15, 0.2) is 6.23 Å². The van der Waals surface area contributed by atoms with Crippen molar-refractivity contribution in [2.75, 3.05) is 4.90 Å². The number of ether oxygens (including phenoxy) is 1. The van der Waals surface area contributed by atoms with Gasteiger partial charge in [-0.15, -0.1) is 0 Å². The van der Waals surface area contributed by atoms with Crippen LogP contribution in [0.4, 0.5) is 5.69 Å². The normalized spacial score (nSPS) is 17.2. The van der Waals surface area contributed by atoms with Crippen LogP contribution in [0.2, 0.25) is 5.04 Å². The van der Waals surface area contributed by atoms with Gasteiger partial charge in [0.05, 0.1) is 18.4 Å². The molecule has 178 valence electrons. The summed E-state index contributed by atoms with van der Waals surface area (Å²) < 4.78 is 13.6. The third kappa shape index (κ3) is 4.36. The molecule has 0 saturated heterocycles. The average molecular weight is 474 g/mol. The van der Waals surface area contributed by atoms with E-state index in [1.807, 2.05) is 50.2 Å². The standard InChI is InChI=1S/C29H35NO3Si/c1-6-27(31)30-26-20-14-13-15-23(26)21-32-28(30)22(2)33-34(29(3,4)5,24-16-9-7-10-17-24)25-18-11-8-12-19-25/h7-20,22,28H,6,21H2,1-5H3/t22-,28-/m0/s1. The van der Waals surface area contributed by atoms with Crippen LogP contribution in [0.5, 0.6) is 0 Å². The van der Waals surface area contributed by atoms with E-state index in [0.29, 0.717) is 13.0 Å². The van der Waals surface area contributed by atoms with Crippen molar-refractivity contribution < 1.29 is 14.0 Å². The van der Waals surface area contributed by atoms with Crippen LogP contribution < -0.4 is 15.3 Å². The first-order valence-corrected chi connectivity index (χ1v) is 14.0. The minimum absolute atomic E-state index is 0.0371. The van der Waals surface area contributed by atoms with Crippen LogP contribution in [-0.2, 0) is 20.6 Å². The van der Waals surface area contributed by atoms with Gasteiger partial charge in [-0.2, -0.15) is 0 Å². The third-order valence-electron chi connectivity index (χ3n) is 6.67. The van der Waals surface area contributed by atoms with Crippen LogP contribution in [0, 0.1) is 0 Å². The highest BCUT2D eigenvalue weighted by atomic mass is 28.4. The molecule has 1 heterocycles. The summed E-state index contributed by atoms with van der Waals surface area (Å²) in [5.74, 6) is 0.0371. The fraction of sp³-hybridized carbons (Fsp3) is 0.345. The van der Waals surface area contributed by atoms with Crippen LogP contribution in [0.3, 0.4) is 0 Å². The Morgan fingerprint density at radius 2 is 1.50 bits per heavy atom. The first-order chi connectivity index (χ1) is 16.3. The van der Waals surface area contributed by atoms with E-state index < -0.39 is 14.5 Å². The first kappa shape index (κ1) is 24.4. The molecular formula is C29H35NO3Si. The minimum Gasteiger partial charge on any atom is -0.400 e. The zero-order chi connectivity index (χ0) is 24.3. The monoisotopic (exact) mass is 473 g/mol. The number of fused-ring (bicyclic) bond motifs is 1. The molecule has 4 nitrogen and oxygen atoms in total. The Bertz CT molecular complexity index is 1070. The van der Waals surface area contributed by atoms with Gasteiger partial charge in [0.25, 0.3) is 8.32 Å². The highest BCUT2D eigenvalue weighted by Gasteiger charge is 2.52. The number of nitrogens with zero attached hydrogens (tertiary/aromatic N) is 1. The van der Waals surface area contributed by atoms with Crippen molar-refractivity contribution in [2.24, 2.45) is 0 Å². The number of carbonyl (C=O) groups is 1. The minimum atomic E-state index is -2.78. The predicted octanol–water partition coefficient (Wildman–Crippen LogP) is 5.25. The maximum Gasteiger partial charge on any atom is 0.261 e. The first-order valence-electron chi connectivity index (χ1n) is 12.1. The fourth-order valence-electron chi connectivity index (χ4n) is 5.08. The van der Waals surface area contributed by atoms with Gasteiger partial charge in [-0.05, 0) is 28.4 Å². The molecule has 4 rings (SSSR count). The molecule has 5 heteroatoms. The summed E-state index contributed by atoms with van der Waals surface area (Å²) in [6, 6.07) is 29.2. The Balaban J connectivity index is 1.81. The van der Waals surface area contributed by atoms with E-state index in [0.717, 1.165) is 11.3 Å². The van der Waals surface area contributed by atoms with Crippen LogP contribution in [0.1, 0.15) is 46.6 Å². The maximum atomic E-state index is 13.1. The summed E-state index contributed by atoms with van der Waals surface area (Å²) in [4.78, 5) is 15.0. The average Bonchev–Trinajstić information content (AvgIpc) is 2.86. The number of rotatable bonds is 6. The molecule has 1 amide bonds. The lowest BCUT2D eigenvalue weighted by Crippen LogP contribution is -2.69. The Labute approximate surface area is 204 Å². The summed E-state index contributed by atoms with van der Waals surface area (Å²) in [6.07, 6.45) is -0.431. The number of amides is 1. The molecule has 0 fully saturated rings. The number of hydrogen-bond donors (Lipinski definition) is 0. The lowest BCUT2D eigenvalue weighted by molar-refractivity contribution is -0.124. The van der Waals surface area contributed by atoms with E-state index >= 15 is 0 Å². The summed E-state index contributed by atoms with van der Waals surface area (Å²) in [5, 5.41) is 2.27. The molecule has 34 heavy (non-hydrogen) atoms. The van der Waals surface area contributed by atoms with E-state index in [1.54, 1.807) is 4.90 Å². The summed E-state index contributed by atoms with van der Waals surface area (Å²) >= 11 is 0. The highest BCUT2D eigenvalue weighted by molar-refractivity contribution is 6.99. The summed E-state index contributed by atoms with van der Waals surface area (Å²) in [5.41, 5.74) is 1.95. The lowest BCUT2D eigenvalue weighted by atomic mass is 10.1. The van der Waals surface area contributed by atoms with E-state index in [4.69, 9.17) is 9.16 Å². The van der Waals surface area contributed by atoms with E-state index in [-0.39, 0.29) is 17.0 Å². The van der Waals surface area contributed by atoms with Crippen molar-refractivity contribution in [3.05, 3.63) is 90.5 Å². The lowest BCUT2D eigenvalue weighted by Gasteiger charge is -2.47. The molecule has 0 spiro atoms. The Morgan fingerprint density at radius 1 is 0.971 bits per heavy atom. The Morgan fingerprint density at radius 3 is 2.03 bits per heavy atom. The topological polar surface area (TPSA) is 38.8 Å². The van der Waals surface area contributed by atoms with Crippen LogP contribution in [0.25, 0.3) is 0 Å². The number of benzene rings is 3. The van der Waals surface area contributed by atoms with E-state index in [1.165, 1.54) is 10.4 Å². The second kappa shape index (κ2) is 9.86. The van der Waals surface area contributed by atoms with Gasteiger partial charge >= 0.3 is 0 Å². The van der Waals surface area contributed by atoms with Crippen LogP contribution >= 0.6 is 0 Å². The molecule has 1 aliphatic heterocycles. The van der Waals surface area contributed by atoms with Crippen molar-refractivity contribution in [1.29, 1.82) is 0 Å². The van der Waals surface area contributed by atoms with Gasteiger partial charge in [0, 0.05) is 12.0 Å². The van der Waals surface area contributed by atoms with Crippen molar-refractivity contribution in [3.63, 3.8) is 0 Å². The molecular weight excluding hydrogens is 438 g/mol. The van der Waals surface area contributed by atoms with E-state index in [9.17, 15) is 4.79 Å². The van der Waals surface area contributed by atoms with Gasteiger partial charge in [-0.25, -0.2) is 0 Å². The van der Waals surface area contributed by atoms with Crippen molar-refractivity contribution in [2.45, 2.75) is 65.0 Å². The summed E-state index contributed by atoms with van der Waals surface area (Å²) in [7, 11) is -2.78. The molecule has 0 unspecified atom stereocenters. The molecule has 0 bridgehead atoms. The third-order valence-corrected chi connectivity index (χ3v) is 11.8. The van der Waals surface area contributed by atoms with Gasteiger partial charge in [-0.3, -0.25) is 9.69 Å². The number of anilines is 1. The van der Waals surface area contributed by atoms with Crippen molar-refractivity contribution in [1.82, 2.24) is 0 Å². The van der Waals surface area contributed by atoms with Crippen molar-refractivity contribution in [3.8, 4) is 0 Å². The Kier molecular flexibility index (Phi) is 7.08. The smallest absolute Gasteiger partial charge is 0.261 e. The van der Waals surface area contributed by atoms with Gasteiger partial charge in [-0.1, -0.05) is 107 Å². The quantitative estimate of drug-likeness (QED) is 0.459. The molecule has 0 saturated carbocycles.